The molecule has 7 nitrogen and oxygen atoms in total. The summed E-state index contributed by atoms with van der Waals surface area (Å²) in [7, 11) is 1.75. The summed E-state index contributed by atoms with van der Waals surface area (Å²) >= 11 is 0. The number of nitrogens with one attached hydrogen (secondary N) is 1. The minimum absolute atomic E-state index is 0.0134. The number of nitrogens with zero attached hydrogens (tertiary/aromatic N) is 2. The zero-order valence-corrected chi connectivity index (χ0v) is 14.3. The van der Waals surface area contributed by atoms with Crippen molar-refractivity contribution < 1.29 is 14.8 Å². The molecule has 0 spiro atoms. The van der Waals surface area contributed by atoms with Crippen molar-refractivity contribution in [3.8, 4) is 0 Å². The van der Waals surface area contributed by atoms with Crippen molar-refractivity contribution in [3.05, 3.63) is 40.1 Å². The maximum atomic E-state index is 12.5. The highest BCUT2D eigenvalue weighted by Crippen LogP contribution is 2.26. The molecule has 1 fully saturated rings. The number of benzene rings is 1. The van der Waals surface area contributed by atoms with Gasteiger partial charge >= 0.3 is 0 Å². The van der Waals surface area contributed by atoms with E-state index in [1.54, 1.807) is 24.2 Å². The molecular weight excluding hydrogens is 322 g/mol. The summed E-state index contributed by atoms with van der Waals surface area (Å²) in [5.41, 5.74) is 1.54. The van der Waals surface area contributed by atoms with Crippen molar-refractivity contribution in [2.45, 2.75) is 38.2 Å². The van der Waals surface area contributed by atoms with Crippen molar-refractivity contribution in [2.75, 3.05) is 13.6 Å². The molecule has 1 saturated carbocycles. The van der Waals surface area contributed by atoms with Crippen molar-refractivity contribution in [1.29, 1.82) is 0 Å². The number of rotatable bonds is 5. The van der Waals surface area contributed by atoms with Crippen LogP contribution in [0.5, 0.6) is 0 Å². The average molecular weight is 345 g/mol. The summed E-state index contributed by atoms with van der Waals surface area (Å²) in [5, 5.41) is 21.7. The first-order valence-electron chi connectivity index (χ1n) is 8.62. The topological polar surface area (TPSA) is 99.5 Å². The van der Waals surface area contributed by atoms with Crippen LogP contribution in [0.15, 0.2) is 24.4 Å². The standard InChI is InChI=1S/C18H23N3O4/c1-20(11-12-4-2-3-5-17(12)22)18(23)8-13-10-19-16-7-6-14(21(24)25)9-15(13)16/h6-7,9-10,12,17,19,22H,2-5,8,11H2,1H3. The largest absolute Gasteiger partial charge is 0.393 e. The molecule has 0 radical (unpaired) electrons. The molecule has 0 bridgehead atoms. The molecule has 2 unspecified atom stereocenters. The number of non-ortho nitro benzene ring substituents is 1. The number of hydrogen-bond donors (Lipinski definition) is 2. The Labute approximate surface area is 145 Å². The first-order valence-corrected chi connectivity index (χ1v) is 8.62. The minimum Gasteiger partial charge on any atom is -0.393 e. The molecule has 25 heavy (non-hydrogen) atoms. The molecule has 1 amide bonds. The molecule has 1 aromatic carbocycles. The van der Waals surface area contributed by atoms with Crippen LogP contribution in [-0.2, 0) is 11.2 Å². The Bertz CT molecular complexity index is 786. The lowest BCUT2D eigenvalue weighted by molar-refractivity contribution is -0.384. The third-order valence-electron chi connectivity index (χ3n) is 5.11. The van der Waals surface area contributed by atoms with Crippen molar-refractivity contribution in [1.82, 2.24) is 9.88 Å². The molecule has 0 aliphatic heterocycles. The van der Waals surface area contributed by atoms with Crippen molar-refractivity contribution in [3.63, 3.8) is 0 Å². The zero-order chi connectivity index (χ0) is 18.0. The van der Waals surface area contributed by atoms with Crippen molar-refractivity contribution >= 4 is 22.5 Å². The molecule has 2 N–H and O–H groups in total. The summed E-state index contributed by atoms with van der Waals surface area (Å²) in [6, 6.07) is 4.60. The Morgan fingerprint density at radius 1 is 1.40 bits per heavy atom. The van der Waals surface area contributed by atoms with E-state index < -0.39 is 4.92 Å². The van der Waals surface area contributed by atoms with E-state index in [1.807, 2.05) is 0 Å². The maximum absolute atomic E-state index is 12.5. The SMILES string of the molecule is CN(CC1CCCCC1O)C(=O)Cc1c[nH]c2ccc([N+](=O)[O-])cc12. The number of aromatic amines is 1. The van der Waals surface area contributed by atoms with Crippen LogP contribution in [0.2, 0.25) is 0 Å². The minimum atomic E-state index is -0.436. The summed E-state index contributed by atoms with van der Waals surface area (Å²) in [5.74, 6) is 0.0805. The predicted octanol–water partition coefficient (Wildman–Crippen LogP) is 2.63. The molecule has 1 aromatic heterocycles. The summed E-state index contributed by atoms with van der Waals surface area (Å²) in [4.78, 5) is 27.8. The molecule has 2 aromatic rings. The fraction of sp³-hybridized carbons (Fsp3) is 0.500. The molecule has 1 aliphatic carbocycles. The van der Waals surface area contributed by atoms with Gasteiger partial charge in [0.25, 0.3) is 5.69 Å². The normalized spacial score (nSPS) is 20.6. The van der Waals surface area contributed by atoms with Gasteiger partial charge in [0.15, 0.2) is 0 Å². The van der Waals surface area contributed by atoms with Crippen LogP contribution >= 0.6 is 0 Å². The third kappa shape index (κ3) is 3.82. The van der Waals surface area contributed by atoms with Gasteiger partial charge in [-0.05, 0) is 24.5 Å². The molecule has 1 heterocycles. The number of likely N-dealkylation sites (N-methyl/N-ethyl adjacent to an activating group) is 1. The highest BCUT2D eigenvalue weighted by molar-refractivity contribution is 5.90. The second kappa shape index (κ2) is 7.23. The van der Waals surface area contributed by atoms with E-state index in [2.05, 4.69) is 4.98 Å². The average Bonchev–Trinajstić information content (AvgIpc) is 2.99. The zero-order valence-electron chi connectivity index (χ0n) is 14.3. The van der Waals surface area contributed by atoms with E-state index in [9.17, 15) is 20.0 Å². The number of nitro benzene ring substituents is 1. The Morgan fingerprint density at radius 2 is 2.16 bits per heavy atom. The van der Waals surface area contributed by atoms with Gasteiger partial charge in [0.05, 0.1) is 17.4 Å². The second-order valence-corrected chi connectivity index (χ2v) is 6.86. The van der Waals surface area contributed by atoms with Gasteiger partial charge < -0.3 is 15.0 Å². The van der Waals surface area contributed by atoms with Gasteiger partial charge in [-0.2, -0.15) is 0 Å². The van der Waals surface area contributed by atoms with Crippen LogP contribution in [0.25, 0.3) is 10.9 Å². The van der Waals surface area contributed by atoms with E-state index in [1.165, 1.54) is 12.1 Å². The van der Waals surface area contributed by atoms with Crippen molar-refractivity contribution in [2.24, 2.45) is 5.92 Å². The highest BCUT2D eigenvalue weighted by atomic mass is 16.6. The van der Waals surface area contributed by atoms with E-state index >= 15 is 0 Å². The molecule has 3 rings (SSSR count). The lowest BCUT2D eigenvalue weighted by atomic mass is 9.86. The molecular formula is C18H23N3O4. The maximum Gasteiger partial charge on any atom is 0.270 e. The number of fused-ring (bicyclic) bond motifs is 1. The number of aliphatic hydroxyl groups is 1. The molecule has 0 saturated heterocycles. The number of aliphatic hydroxyl groups excluding tert-OH is 1. The number of amides is 1. The molecule has 1 aliphatic rings. The van der Waals surface area contributed by atoms with Crippen LogP contribution in [0.1, 0.15) is 31.2 Å². The fourth-order valence-electron chi connectivity index (χ4n) is 3.58. The quantitative estimate of drug-likeness (QED) is 0.643. The van der Waals surface area contributed by atoms with E-state index in [0.29, 0.717) is 11.9 Å². The smallest absolute Gasteiger partial charge is 0.270 e. The molecule has 2 atom stereocenters. The monoisotopic (exact) mass is 345 g/mol. The summed E-state index contributed by atoms with van der Waals surface area (Å²) in [6.07, 6.45) is 5.46. The molecule has 7 heteroatoms. The van der Waals surface area contributed by atoms with Gasteiger partial charge in [-0.1, -0.05) is 12.8 Å². The lowest BCUT2D eigenvalue weighted by Gasteiger charge is -2.31. The number of nitro groups is 1. The number of carbonyl (C=O) groups is 1. The lowest BCUT2D eigenvalue weighted by Crippen LogP contribution is -2.38. The molecule has 134 valence electrons. The Balaban J connectivity index is 1.70. The van der Waals surface area contributed by atoms with E-state index in [4.69, 9.17) is 0 Å². The summed E-state index contributed by atoms with van der Waals surface area (Å²) < 4.78 is 0. The third-order valence-corrected chi connectivity index (χ3v) is 5.11. The van der Waals surface area contributed by atoms with Gasteiger partial charge in [0.1, 0.15) is 0 Å². The predicted molar refractivity (Wildman–Crippen MR) is 94.3 cm³/mol. The van der Waals surface area contributed by atoms with Crippen LogP contribution in [0.4, 0.5) is 5.69 Å². The fourth-order valence-corrected chi connectivity index (χ4v) is 3.58. The Hall–Kier alpha value is -2.41. The summed E-state index contributed by atoms with van der Waals surface area (Å²) in [6.45, 7) is 0.544. The van der Waals surface area contributed by atoms with Crippen LogP contribution < -0.4 is 0 Å². The van der Waals surface area contributed by atoms with Crippen LogP contribution in [0.3, 0.4) is 0 Å². The number of hydrogen-bond acceptors (Lipinski definition) is 4. The Kier molecular flexibility index (Phi) is 5.03. The second-order valence-electron chi connectivity index (χ2n) is 6.86. The van der Waals surface area contributed by atoms with Crippen LogP contribution in [0, 0.1) is 16.0 Å². The van der Waals surface area contributed by atoms with E-state index in [-0.39, 0.29) is 30.0 Å². The van der Waals surface area contributed by atoms with E-state index in [0.717, 1.165) is 36.8 Å². The van der Waals surface area contributed by atoms with Gasteiger partial charge in [0, 0.05) is 48.7 Å². The number of aromatic nitrogens is 1. The first kappa shape index (κ1) is 17.4. The van der Waals surface area contributed by atoms with Gasteiger partial charge in [0.2, 0.25) is 5.91 Å². The number of carbonyl (C=O) groups excluding carboxylic acids is 1. The first-order chi connectivity index (χ1) is 12.0. The van der Waals surface area contributed by atoms with Crippen LogP contribution in [-0.4, -0.2) is 45.5 Å². The highest BCUT2D eigenvalue weighted by Gasteiger charge is 2.26. The van der Waals surface area contributed by atoms with Gasteiger partial charge in [-0.3, -0.25) is 14.9 Å². The van der Waals surface area contributed by atoms with Gasteiger partial charge in [-0.25, -0.2) is 0 Å². The number of H-pyrrole nitrogens is 1. The van der Waals surface area contributed by atoms with Gasteiger partial charge in [-0.15, -0.1) is 0 Å². The Morgan fingerprint density at radius 3 is 2.88 bits per heavy atom.